The molecule has 0 aromatic carbocycles. The zero-order valence-corrected chi connectivity index (χ0v) is 12.4. The van der Waals surface area contributed by atoms with Gasteiger partial charge in [0.25, 0.3) is 0 Å². The molecular formula is C16H32N2. The van der Waals surface area contributed by atoms with Gasteiger partial charge in [0.2, 0.25) is 0 Å². The van der Waals surface area contributed by atoms with Gasteiger partial charge in [0.1, 0.15) is 0 Å². The Morgan fingerprint density at radius 3 is 2.39 bits per heavy atom. The second-order valence-corrected chi connectivity index (χ2v) is 6.91. The fraction of sp³-hybridized carbons (Fsp3) is 1.00. The molecule has 18 heavy (non-hydrogen) atoms. The lowest BCUT2D eigenvalue weighted by Gasteiger charge is -2.39. The highest BCUT2D eigenvalue weighted by molar-refractivity contribution is 4.82. The predicted octanol–water partition coefficient (Wildman–Crippen LogP) is 3.26. The van der Waals surface area contributed by atoms with Crippen molar-refractivity contribution in [2.45, 2.75) is 64.3 Å². The molecule has 0 radical (unpaired) electrons. The Kier molecular flexibility index (Phi) is 5.50. The first kappa shape index (κ1) is 14.3. The standard InChI is InChI=1S/C16H32N2/c1-13-6-5-9-16(10-13)18(2)12-15-8-4-3-7-14(15)11-17/h13-16H,3-12,17H2,1-2H3. The molecule has 0 spiro atoms. The van der Waals surface area contributed by atoms with Crippen LogP contribution in [0.4, 0.5) is 0 Å². The molecule has 0 heterocycles. The van der Waals surface area contributed by atoms with Gasteiger partial charge in [-0.15, -0.1) is 0 Å². The van der Waals surface area contributed by atoms with Crippen molar-refractivity contribution >= 4 is 0 Å². The van der Waals surface area contributed by atoms with Crippen LogP contribution in [0.3, 0.4) is 0 Å². The molecule has 2 aliphatic carbocycles. The van der Waals surface area contributed by atoms with E-state index in [-0.39, 0.29) is 0 Å². The lowest BCUT2D eigenvalue weighted by Crippen LogP contribution is -2.42. The first-order chi connectivity index (χ1) is 8.70. The van der Waals surface area contributed by atoms with Crippen molar-refractivity contribution in [1.82, 2.24) is 4.90 Å². The molecule has 2 heteroatoms. The number of nitrogens with zero attached hydrogens (tertiary/aromatic N) is 1. The van der Waals surface area contributed by atoms with Crippen LogP contribution in [0.1, 0.15) is 58.3 Å². The summed E-state index contributed by atoms with van der Waals surface area (Å²) >= 11 is 0. The highest BCUT2D eigenvalue weighted by Gasteiger charge is 2.28. The Morgan fingerprint density at radius 1 is 1.00 bits per heavy atom. The van der Waals surface area contributed by atoms with Crippen molar-refractivity contribution < 1.29 is 0 Å². The fourth-order valence-corrected chi connectivity index (χ4v) is 4.16. The van der Waals surface area contributed by atoms with Crippen molar-refractivity contribution in [3.8, 4) is 0 Å². The van der Waals surface area contributed by atoms with Crippen LogP contribution in [-0.4, -0.2) is 31.1 Å². The van der Waals surface area contributed by atoms with Gasteiger partial charge in [0.15, 0.2) is 0 Å². The summed E-state index contributed by atoms with van der Waals surface area (Å²) in [6.45, 7) is 4.61. The number of nitrogens with two attached hydrogens (primary N) is 1. The molecule has 0 aromatic heterocycles. The topological polar surface area (TPSA) is 29.3 Å². The zero-order chi connectivity index (χ0) is 13.0. The summed E-state index contributed by atoms with van der Waals surface area (Å²) < 4.78 is 0. The maximum absolute atomic E-state index is 5.95. The van der Waals surface area contributed by atoms with Crippen LogP contribution in [0.5, 0.6) is 0 Å². The van der Waals surface area contributed by atoms with Gasteiger partial charge < -0.3 is 10.6 Å². The lowest BCUT2D eigenvalue weighted by atomic mass is 9.78. The molecule has 4 unspecified atom stereocenters. The minimum atomic E-state index is 0.794. The van der Waals surface area contributed by atoms with Crippen LogP contribution in [-0.2, 0) is 0 Å². The number of hydrogen-bond acceptors (Lipinski definition) is 2. The predicted molar refractivity (Wildman–Crippen MR) is 78.6 cm³/mol. The van der Waals surface area contributed by atoms with Gasteiger partial charge in [0.05, 0.1) is 0 Å². The van der Waals surface area contributed by atoms with E-state index in [1.165, 1.54) is 57.9 Å². The largest absolute Gasteiger partial charge is 0.330 e. The van der Waals surface area contributed by atoms with Gasteiger partial charge in [-0.2, -0.15) is 0 Å². The van der Waals surface area contributed by atoms with Gasteiger partial charge in [-0.1, -0.05) is 32.6 Å². The van der Waals surface area contributed by atoms with Crippen molar-refractivity contribution in [2.24, 2.45) is 23.5 Å². The summed E-state index contributed by atoms with van der Waals surface area (Å²) in [6.07, 6.45) is 11.3. The molecule has 2 rings (SSSR count). The number of hydrogen-bond donors (Lipinski definition) is 1. The van der Waals surface area contributed by atoms with E-state index in [1.807, 2.05) is 0 Å². The first-order valence-electron chi connectivity index (χ1n) is 8.11. The summed E-state index contributed by atoms with van der Waals surface area (Å²) in [5.74, 6) is 2.59. The second kappa shape index (κ2) is 6.91. The lowest BCUT2D eigenvalue weighted by molar-refractivity contribution is 0.109. The fourth-order valence-electron chi connectivity index (χ4n) is 4.16. The van der Waals surface area contributed by atoms with Gasteiger partial charge in [-0.3, -0.25) is 0 Å². The molecule has 2 nitrogen and oxygen atoms in total. The summed E-state index contributed by atoms with van der Waals surface area (Å²) in [5.41, 5.74) is 5.95. The Balaban J connectivity index is 1.83. The molecule has 2 fully saturated rings. The molecule has 106 valence electrons. The van der Waals surface area contributed by atoms with E-state index in [9.17, 15) is 0 Å². The van der Waals surface area contributed by atoms with Crippen LogP contribution in [0.2, 0.25) is 0 Å². The summed E-state index contributed by atoms with van der Waals surface area (Å²) in [4.78, 5) is 2.66. The van der Waals surface area contributed by atoms with Crippen LogP contribution < -0.4 is 5.73 Å². The van der Waals surface area contributed by atoms with E-state index >= 15 is 0 Å². The highest BCUT2D eigenvalue weighted by Crippen LogP contribution is 2.32. The van der Waals surface area contributed by atoms with Gasteiger partial charge in [0, 0.05) is 12.6 Å². The molecule has 0 aromatic rings. The molecule has 0 saturated heterocycles. The van der Waals surface area contributed by atoms with Crippen LogP contribution in [0.25, 0.3) is 0 Å². The van der Waals surface area contributed by atoms with Crippen molar-refractivity contribution in [3.63, 3.8) is 0 Å². The molecule has 2 N–H and O–H groups in total. The molecule has 0 amide bonds. The maximum atomic E-state index is 5.95. The van der Waals surface area contributed by atoms with Crippen molar-refractivity contribution in [3.05, 3.63) is 0 Å². The Hall–Kier alpha value is -0.0800. The van der Waals surface area contributed by atoms with E-state index < -0.39 is 0 Å². The number of rotatable bonds is 4. The van der Waals surface area contributed by atoms with E-state index in [0.717, 1.165) is 30.3 Å². The third kappa shape index (κ3) is 3.71. The summed E-state index contributed by atoms with van der Waals surface area (Å²) in [5, 5.41) is 0. The van der Waals surface area contributed by atoms with Crippen LogP contribution >= 0.6 is 0 Å². The Bertz CT molecular complexity index is 241. The third-order valence-electron chi connectivity index (χ3n) is 5.42. The van der Waals surface area contributed by atoms with Gasteiger partial charge >= 0.3 is 0 Å². The molecule has 4 atom stereocenters. The van der Waals surface area contributed by atoms with E-state index in [0.29, 0.717) is 0 Å². The third-order valence-corrected chi connectivity index (χ3v) is 5.42. The minimum absolute atomic E-state index is 0.794. The molecule has 0 bridgehead atoms. The van der Waals surface area contributed by atoms with Crippen LogP contribution in [0, 0.1) is 17.8 Å². The van der Waals surface area contributed by atoms with Crippen molar-refractivity contribution in [2.75, 3.05) is 20.1 Å². The van der Waals surface area contributed by atoms with Crippen LogP contribution in [0.15, 0.2) is 0 Å². The quantitative estimate of drug-likeness (QED) is 0.832. The monoisotopic (exact) mass is 252 g/mol. The maximum Gasteiger partial charge on any atom is 0.00948 e. The van der Waals surface area contributed by atoms with E-state index in [2.05, 4.69) is 18.9 Å². The van der Waals surface area contributed by atoms with Crippen molar-refractivity contribution in [1.29, 1.82) is 0 Å². The molecular weight excluding hydrogens is 220 g/mol. The average molecular weight is 252 g/mol. The Morgan fingerprint density at radius 2 is 1.72 bits per heavy atom. The van der Waals surface area contributed by atoms with Gasteiger partial charge in [-0.25, -0.2) is 0 Å². The highest BCUT2D eigenvalue weighted by atomic mass is 15.1. The zero-order valence-electron chi connectivity index (χ0n) is 12.4. The molecule has 0 aliphatic heterocycles. The SMILES string of the molecule is CC1CCCC(N(C)CC2CCCCC2CN)C1. The smallest absolute Gasteiger partial charge is 0.00948 e. The second-order valence-electron chi connectivity index (χ2n) is 6.91. The average Bonchev–Trinajstić information content (AvgIpc) is 2.39. The normalized spacial score (nSPS) is 38.0. The summed E-state index contributed by atoms with van der Waals surface area (Å²) in [6, 6.07) is 0.842. The minimum Gasteiger partial charge on any atom is -0.330 e. The Labute approximate surface area is 113 Å². The van der Waals surface area contributed by atoms with E-state index in [4.69, 9.17) is 5.73 Å². The molecule has 2 aliphatic rings. The summed E-state index contributed by atoms with van der Waals surface area (Å²) in [7, 11) is 2.35. The van der Waals surface area contributed by atoms with Gasteiger partial charge in [-0.05, 0) is 57.0 Å². The molecule has 2 saturated carbocycles. The van der Waals surface area contributed by atoms with E-state index in [1.54, 1.807) is 0 Å². The first-order valence-corrected chi connectivity index (χ1v) is 8.11.